The summed E-state index contributed by atoms with van der Waals surface area (Å²) >= 11 is 7.69. The minimum atomic E-state index is -1.09. The second kappa shape index (κ2) is 29.0. The molecule has 7 heterocycles. The molecule has 454 valence electrons. The topological polar surface area (TPSA) is 326 Å². The molecule has 1 aliphatic carbocycles. The van der Waals surface area contributed by atoms with Gasteiger partial charge in [-0.3, -0.25) is 28.9 Å². The number of primary amides is 1. The molecule has 0 saturated heterocycles. The molecule has 88 heavy (non-hydrogen) atoms. The maximum Gasteiger partial charge on any atom is 0.416 e. The number of benzene rings is 2. The van der Waals surface area contributed by atoms with Crippen molar-refractivity contribution in [2.45, 2.75) is 90.1 Å². The lowest BCUT2D eigenvalue weighted by atomic mass is 9.98. The van der Waals surface area contributed by atoms with Crippen molar-refractivity contribution in [3.8, 4) is 43.4 Å². The van der Waals surface area contributed by atoms with Gasteiger partial charge >= 0.3 is 12.1 Å². The fourth-order valence-corrected chi connectivity index (χ4v) is 14.5. The Morgan fingerprint density at radius 3 is 2.24 bits per heavy atom. The van der Waals surface area contributed by atoms with Gasteiger partial charge < -0.3 is 41.6 Å². The second-order valence-electron chi connectivity index (χ2n) is 20.0. The van der Waals surface area contributed by atoms with Crippen molar-refractivity contribution in [1.29, 1.82) is 0 Å². The van der Waals surface area contributed by atoms with E-state index in [0.29, 0.717) is 63.8 Å². The van der Waals surface area contributed by atoms with Gasteiger partial charge in [0.1, 0.15) is 71.1 Å². The summed E-state index contributed by atoms with van der Waals surface area (Å²) in [5.41, 5.74) is 9.82. The number of rotatable bonds is 25. The van der Waals surface area contributed by atoms with Gasteiger partial charge in [0.05, 0.1) is 59.8 Å². The molecule has 1 saturated carbocycles. The summed E-state index contributed by atoms with van der Waals surface area (Å²) in [6.07, 6.45) is 4.96. The zero-order chi connectivity index (χ0) is 61.8. The summed E-state index contributed by atoms with van der Waals surface area (Å²) < 4.78 is 11.3. The van der Waals surface area contributed by atoms with E-state index in [2.05, 4.69) is 43.4 Å². The molecule has 7 aromatic heterocycles. The molecule has 6 amide bonds. The van der Waals surface area contributed by atoms with E-state index in [1.807, 2.05) is 35.0 Å². The quantitative estimate of drug-likeness (QED) is 0.0310. The van der Waals surface area contributed by atoms with E-state index in [9.17, 15) is 38.7 Å². The molecule has 1 aliphatic rings. The predicted molar refractivity (Wildman–Crippen MR) is 337 cm³/mol. The molecule has 9 aromatic rings. The monoisotopic (exact) mass is 1300 g/mol. The first kappa shape index (κ1) is 62.5. The predicted octanol–water partition coefficient (Wildman–Crippen LogP) is 9.66. The first-order valence-corrected chi connectivity index (χ1v) is 32.7. The summed E-state index contributed by atoms with van der Waals surface area (Å²) in [6, 6.07) is 19.2. The van der Waals surface area contributed by atoms with Crippen molar-refractivity contribution in [2.24, 2.45) is 5.73 Å². The number of pyridine rings is 1. The number of carbonyl (C=O) groups is 7. The number of thiazole rings is 6. The van der Waals surface area contributed by atoms with E-state index in [0.717, 1.165) is 78.3 Å². The van der Waals surface area contributed by atoms with Crippen LogP contribution in [-0.4, -0.2) is 108 Å². The molecule has 1 atom stereocenters. The smallest absolute Gasteiger partial charge is 0.416 e. The highest BCUT2D eigenvalue weighted by atomic mass is 32.1. The summed E-state index contributed by atoms with van der Waals surface area (Å²) in [5.74, 6) is -3.75. The van der Waals surface area contributed by atoms with Gasteiger partial charge in [0.25, 0.3) is 17.7 Å². The van der Waals surface area contributed by atoms with Crippen molar-refractivity contribution >= 4 is 115 Å². The molecule has 0 bridgehead atoms. The van der Waals surface area contributed by atoms with Crippen molar-refractivity contribution in [2.75, 3.05) is 25.6 Å². The third-order valence-corrected chi connectivity index (χ3v) is 19.4. The van der Waals surface area contributed by atoms with E-state index in [4.69, 9.17) is 40.1 Å². The van der Waals surface area contributed by atoms with Crippen molar-refractivity contribution in [3.63, 3.8) is 0 Å². The van der Waals surface area contributed by atoms with Gasteiger partial charge in [-0.15, -0.1) is 68.0 Å². The van der Waals surface area contributed by atoms with Crippen LogP contribution in [0.1, 0.15) is 122 Å². The minimum absolute atomic E-state index is 0.00599. The lowest BCUT2D eigenvalue weighted by Gasteiger charge is -2.26. The van der Waals surface area contributed by atoms with Gasteiger partial charge in [-0.05, 0) is 74.4 Å². The lowest BCUT2D eigenvalue weighted by molar-refractivity contribution is -0.121. The average molecular weight is 1300 g/mol. The Labute approximate surface area is 527 Å². The summed E-state index contributed by atoms with van der Waals surface area (Å²) in [5, 5.41) is 30.9. The number of ether oxygens (including phenoxy) is 2. The fourth-order valence-electron chi connectivity index (χ4n) is 9.36. The maximum absolute atomic E-state index is 14.3. The molecule has 0 unspecified atom stereocenters. The largest absolute Gasteiger partial charge is 0.478 e. The fraction of sp³-hybridized carbons (Fsp3) is 0.288. The molecule has 10 rings (SSSR count). The Bertz CT molecular complexity index is 4020. The SMILES string of the molecule is CNC(=O)C[C@H](NC(=O)c1csc(-c2ccc(-c3nc(N(Cc4cccc(C(=O)O)c4)C(=O)OC4CCCCC4)cs3)nc2-c2csc(-c3csc(CCc4ccccc4)n3)n2)n1)c1nc(C(=O)NCc2nc(C(=O)NCC(N)=O)c(COC)s2)c(C)s1. The number of anilines is 1. The van der Waals surface area contributed by atoms with Crippen molar-refractivity contribution in [3.05, 3.63) is 147 Å². The molecule has 7 N–H and O–H groups in total. The van der Waals surface area contributed by atoms with Gasteiger partial charge in [-0.1, -0.05) is 48.9 Å². The first-order chi connectivity index (χ1) is 42.6. The Morgan fingerprint density at radius 2 is 1.47 bits per heavy atom. The normalized spacial score (nSPS) is 12.7. The van der Waals surface area contributed by atoms with Crippen LogP contribution in [0.15, 0.2) is 88.3 Å². The Hall–Kier alpha value is -8.58. The van der Waals surface area contributed by atoms with Gasteiger partial charge in [-0.25, -0.2) is 44.5 Å². The number of nitrogens with one attached hydrogen (secondary N) is 4. The molecule has 0 aliphatic heterocycles. The summed E-state index contributed by atoms with van der Waals surface area (Å²) in [7, 11) is 2.92. The number of carboxylic acid groups (broad SMARTS) is 1. The highest BCUT2D eigenvalue weighted by molar-refractivity contribution is 7.15. The standard InChI is InChI=1S/C59H57N13O10S6/c1-31-48(52(76)63-24-47-70-50(42(88-47)26-81-3)53(77)62-23-43(60)73)71-57(87-31)38(22-45(74)61-2)66-51(75)40-28-84-54(68-40)36-18-19-37(65-49(36)39-27-85-56(67-39)41-29-83-46(64-41)20-17-32-11-6-4-7-12-32)55-69-44(30-86-55)72(59(80)82-35-15-8-5-9-16-35)25-33-13-10-14-34(21-33)58(78)79/h4,6-7,10-14,18-19,21,27-30,35,38H,5,8-9,15-17,20,22-26H2,1-3H3,(H2,60,73)(H,61,74)(H,62,77)(H,63,76)(H,66,75)(H,78,79)/t38-/m0/s1. The molecular formula is C59H57N13O10S6. The van der Waals surface area contributed by atoms with Gasteiger partial charge in [0.2, 0.25) is 11.8 Å². The Balaban J connectivity index is 0.920. The lowest BCUT2D eigenvalue weighted by Crippen LogP contribution is -2.35. The van der Waals surface area contributed by atoms with Crippen LogP contribution in [0.5, 0.6) is 0 Å². The Kier molecular flexibility index (Phi) is 20.6. The second-order valence-corrected chi connectivity index (χ2v) is 26.0. The number of aromatic nitrogens is 7. The van der Waals surface area contributed by atoms with Crippen LogP contribution in [0, 0.1) is 6.92 Å². The van der Waals surface area contributed by atoms with Crippen molar-refractivity contribution < 1.29 is 48.1 Å². The van der Waals surface area contributed by atoms with Gasteiger partial charge in [-0.2, -0.15) is 0 Å². The number of carboxylic acids is 1. The van der Waals surface area contributed by atoms with E-state index in [1.165, 1.54) is 70.8 Å². The number of aryl methyl sites for hydroxylation is 3. The number of amides is 6. The first-order valence-electron chi connectivity index (χ1n) is 27.6. The van der Waals surface area contributed by atoms with Crippen LogP contribution in [0.25, 0.3) is 43.4 Å². The third-order valence-electron chi connectivity index (χ3n) is 13.7. The molecule has 0 spiro atoms. The van der Waals surface area contributed by atoms with Crippen LogP contribution < -0.4 is 31.9 Å². The summed E-state index contributed by atoms with van der Waals surface area (Å²) in [6.45, 7) is 1.27. The molecule has 0 radical (unpaired) electrons. The molecule has 23 nitrogen and oxygen atoms in total. The molecular weight excluding hydrogens is 1240 g/mol. The molecule has 2 aromatic carbocycles. The van der Waals surface area contributed by atoms with Crippen LogP contribution in [0.4, 0.5) is 10.6 Å². The van der Waals surface area contributed by atoms with Gasteiger partial charge in [0.15, 0.2) is 0 Å². The average Bonchev–Trinajstić information content (AvgIpc) is 4.03. The summed E-state index contributed by atoms with van der Waals surface area (Å²) in [4.78, 5) is 127. The number of hydrogen-bond donors (Lipinski definition) is 6. The zero-order valence-electron chi connectivity index (χ0n) is 47.5. The molecule has 1 fully saturated rings. The third kappa shape index (κ3) is 15.6. The number of carbonyl (C=O) groups excluding carboxylic acids is 6. The highest BCUT2D eigenvalue weighted by Crippen LogP contribution is 2.39. The zero-order valence-corrected chi connectivity index (χ0v) is 52.4. The number of nitrogens with zero attached hydrogens (tertiary/aromatic N) is 8. The van der Waals surface area contributed by atoms with Crippen molar-refractivity contribution in [1.82, 2.24) is 56.2 Å². The Morgan fingerprint density at radius 1 is 0.716 bits per heavy atom. The van der Waals surface area contributed by atoms with E-state index >= 15 is 0 Å². The van der Waals surface area contributed by atoms with Crippen LogP contribution >= 0.6 is 68.0 Å². The van der Waals surface area contributed by atoms with E-state index in [1.54, 1.807) is 47.2 Å². The van der Waals surface area contributed by atoms with Crippen LogP contribution in [0.2, 0.25) is 0 Å². The van der Waals surface area contributed by atoms with Crippen LogP contribution in [0.3, 0.4) is 0 Å². The van der Waals surface area contributed by atoms with Gasteiger partial charge in [0, 0.05) is 52.5 Å². The highest BCUT2D eigenvalue weighted by Gasteiger charge is 2.30. The number of aromatic carboxylic acids is 1. The number of hydrogen-bond acceptors (Lipinski definition) is 22. The maximum atomic E-state index is 14.3. The number of nitrogens with two attached hydrogens (primary N) is 1. The van der Waals surface area contributed by atoms with E-state index in [-0.39, 0.29) is 66.4 Å². The van der Waals surface area contributed by atoms with E-state index < -0.39 is 47.6 Å². The molecule has 29 heteroatoms. The number of methoxy groups -OCH3 is 1. The van der Waals surface area contributed by atoms with Crippen LogP contribution in [-0.2, 0) is 51.6 Å². The minimum Gasteiger partial charge on any atom is -0.478 e.